The van der Waals surface area contributed by atoms with Crippen LogP contribution in [-0.2, 0) is 16.8 Å². The van der Waals surface area contributed by atoms with Gasteiger partial charge in [0.25, 0.3) is 0 Å². The zero-order chi connectivity index (χ0) is 9.43. The van der Waals surface area contributed by atoms with Crippen LogP contribution < -0.4 is 5.32 Å². The van der Waals surface area contributed by atoms with Gasteiger partial charge in [-0.15, -0.1) is 0 Å². The summed E-state index contributed by atoms with van der Waals surface area (Å²) in [6.07, 6.45) is 3.56. The van der Waals surface area contributed by atoms with E-state index in [2.05, 4.69) is 16.8 Å². The minimum atomic E-state index is 0.0336. The Morgan fingerprint density at radius 2 is 2.50 bits per heavy atom. The maximum Gasteiger partial charge on any atom is 0.156 e. The Morgan fingerprint density at radius 3 is 3.36 bits per heavy atom. The SMILES string of the molecule is c1cc2c([sH+]1)CCO[C@]21CCCNC1. The summed E-state index contributed by atoms with van der Waals surface area (Å²) < 4.78 is 6.04. The third-order valence-electron chi connectivity index (χ3n) is 3.34. The van der Waals surface area contributed by atoms with Gasteiger partial charge in [0.1, 0.15) is 11.0 Å². The number of hydrogen-bond donors (Lipinski definition) is 1. The molecule has 3 heterocycles. The molecule has 1 spiro atoms. The van der Waals surface area contributed by atoms with Gasteiger partial charge in [-0.1, -0.05) is 0 Å². The lowest BCUT2D eigenvalue weighted by Crippen LogP contribution is -2.47. The second-order valence-electron chi connectivity index (χ2n) is 4.18. The second-order valence-corrected chi connectivity index (χ2v) is 5.27. The normalized spacial score (nSPS) is 31.7. The van der Waals surface area contributed by atoms with E-state index in [9.17, 15) is 0 Å². The van der Waals surface area contributed by atoms with E-state index in [0.29, 0.717) is 0 Å². The van der Waals surface area contributed by atoms with Crippen molar-refractivity contribution in [3.63, 3.8) is 0 Å². The average molecular weight is 210 g/mol. The van der Waals surface area contributed by atoms with E-state index in [4.69, 9.17) is 4.74 Å². The molecule has 0 aromatic carbocycles. The highest BCUT2D eigenvalue weighted by molar-refractivity contribution is 7.10. The zero-order valence-corrected chi connectivity index (χ0v) is 9.15. The van der Waals surface area contributed by atoms with Crippen molar-refractivity contribution in [1.29, 1.82) is 0 Å². The number of ether oxygens (including phenoxy) is 1. The average Bonchev–Trinajstić information content (AvgIpc) is 2.69. The number of thiophene rings is 1. The van der Waals surface area contributed by atoms with E-state index in [1.54, 1.807) is 4.88 Å². The van der Waals surface area contributed by atoms with Crippen LogP contribution >= 0.6 is 11.3 Å². The minimum Gasteiger partial charge on any atom is -0.368 e. The first kappa shape index (κ1) is 8.89. The molecular formula is C11H16NOS+. The second kappa shape index (κ2) is 3.33. The highest BCUT2D eigenvalue weighted by atomic mass is 32.1. The Morgan fingerprint density at radius 1 is 1.50 bits per heavy atom. The minimum absolute atomic E-state index is 0.0336. The van der Waals surface area contributed by atoms with Crippen molar-refractivity contribution in [2.45, 2.75) is 24.9 Å². The van der Waals surface area contributed by atoms with Crippen molar-refractivity contribution < 1.29 is 4.74 Å². The van der Waals surface area contributed by atoms with E-state index in [1.165, 1.54) is 29.7 Å². The predicted octanol–water partition coefficient (Wildman–Crippen LogP) is 1.63. The van der Waals surface area contributed by atoms with Crippen LogP contribution in [0.15, 0.2) is 11.4 Å². The fraction of sp³-hybridized carbons (Fsp3) is 0.636. The van der Waals surface area contributed by atoms with Gasteiger partial charge in [-0.25, -0.2) is 0 Å². The molecule has 2 nitrogen and oxygen atoms in total. The Bertz CT molecular complexity index is 328. The molecule has 1 saturated heterocycles. The Labute approximate surface area is 88.3 Å². The van der Waals surface area contributed by atoms with Crippen LogP contribution in [0.4, 0.5) is 0 Å². The first-order chi connectivity index (χ1) is 6.91. The molecule has 0 saturated carbocycles. The van der Waals surface area contributed by atoms with E-state index >= 15 is 0 Å². The van der Waals surface area contributed by atoms with Gasteiger partial charge in [-0.2, -0.15) is 0 Å². The maximum absolute atomic E-state index is 6.04. The molecule has 0 radical (unpaired) electrons. The molecule has 1 atom stereocenters. The fourth-order valence-electron chi connectivity index (χ4n) is 2.63. The number of fused-ring (bicyclic) bond motifs is 2. The predicted molar refractivity (Wildman–Crippen MR) is 59.2 cm³/mol. The van der Waals surface area contributed by atoms with Gasteiger partial charge in [0.2, 0.25) is 0 Å². The Kier molecular flexibility index (Phi) is 2.11. The van der Waals surface area contributed by atoms with Gasteiger partial charge in [-0.05, 0) is 30.7 Å². The van der Waals surface area contributed by atoms with E-state index in [1.807, 2.05) is 0 Å². The van der Waals surface area contributed by atoms with Crippen LogP contribution in [0.3, 0.4) is 0 Å². The van der Waals surface area contributed by atoms with Crippen molar-refractivity contribution in [3.8, 4) is 0 Å². The molecule has 2 aliphatic heterocycles. The summed E-state index contributed by atoms with van der Waals surface area (Å²) in [4.78, 5) is 1.60. The van der Waals surface area contributed by atoms with Gasteiger partial charge < -0.3 is 10.1 Å². The number of rotatable bonds is 0. The lowest BCUT2D eigenvalue weighted by Gasteiger charge is -2.39. The zero-order valence-electron chi connectivity index (χ0n) is 8.25. The summed E-state index contributed by atoms with van der Waals surface area (Å²) >= 11 is 1.41. The number of hydrogen-bond acceptors (Lipinski definition) is 2. The molecular weight excluding hydrogens is 194 g/mol. The molecule has 0 amide bonds. The third-order valence-corrected chi connectivity index (χ3v) is 4.41. The summed E-state index contributed by atoms with van der Waals surface area (Å²) in [6.45, 7) is 3.07. The first-order valence-corrected chi connectivity index (χ1v) is 6.33. The van der Waals surface area contributed by atoms with E-state index < -0.39 is 0 Å². The molecule has 3 rings (SSSR count). The quantitative estimate of drug-likeness (QED) is 0.657. The molecule has 76 valence electrons. The molecule has 0 unspecified atom stereocenters. The molecule has 2 aliphatic rings. The topological polar surface area (TPSA) is 21.3 Å². The molecule has 1 N–H and O–H groups in total. The van der Waals surface area contributed by atoms with Crippen LogP contribution in [0, 0.1) is 0 Å². The number of piperidine rings is 1. The summed E-state index contributed by atoms with van der Waals surface area (Å²) in [5.74, 6) is 0. The van der Waals surface area contributed by atoms with E-state index in [0.717, 1.165) is 26.1 Å². The fourth-order valence-corrected chi connectivity index (χ4v) is 3.67. The van der Waals surface area contributed by atoms with Gasteiger partial charge in [0, 0.05) is 24.6 Å². The van der Waals surface area contributed by atoms with Gasteiger partial charge in [0.05, 0.1) is 6.61 Å². The van der Waals surface area contributed by atoms with Crippen molar-refractivity contribution >= 4 is 11.3 Å². The summed E-state index contributed by atoms with van der Waals surface area (Å²) in [7, 11) is 0. The molecule has 3 heteroatoms. The van der Waals surface area contributed by atoms with Crippen LogP contribution in [0.2, 0.25) is 0 Å². The van der Waals surface area contributed by atoms with Crippen molar-refractivity contribution in [3.05, 3.63) is 21.9 Å². The lowest BCUT2D eigenvalue weighted by molar-refractivity contribution is -0.0739. The molecule has 0 bridgehead atoms. The number of nitrogens with one attached hydrogen (secondary N) is 1. The Hall–Kier alpha value is -0.380. The smallest absolute Gasteiger partial charge is 0.156 e. The molecule has 1 aromatic rings. The van der Waals surface area contributed by atoms with E-state index in [-0.39, 0.29) is 5.60 Å². The van der Waals surface area contributed by atoms with Crippen molar-refractivity contribution in [2.24, 2.45) is 0 Å². The standard InChI is InChI=1S/C11H15NOS/c1-4-11(8-12-5-1)9-3-7-14-10(9)2-6-13-11/h3,7,12H,1-2,4-6,8H2/p+1/t11-/m0/s1. The van der Waals surface area contributed by atoms with Gasteiger partial charge in [0.15, 0.2) is 4.88 Å². The van der Waals surface area contributed by atoms with Crippen LogP contribution in [0.5, 0.6) is 0 Å². The van der Waals surface area contributed by atoms with Crippen molar-refractivity contribution in [2.75, 3.05) is 19.7 Å². The summed E-state index contributed by atoms with van der Waals surface area (Å²) in [6, 6.07) is 2.28. The highest BCUT2D eigenvalue weighted by Crippen LogP contribution is 2.40. The van der Waals surface area contributed by atoms with Gasteiger partial charge in [-0.3, -0.25) is 0 Å². The van der Waals surface area contributed by atoms with Crippen LogP contribution in [-0.4, -0.2) is 19.7 Å². The molecule has 0 aliphatic carbocycles. The maximum atomic E-state index is 6.04. The van der Waals surface area contributed by atoms with Gasteiger partial charge >= 0.3 is 0 Å². The first-order valence-electron chi connectivity index (χ1n) is 5.36. The monoisotopic (exact) mass is 210 g/mol. The highest BCUT2D eigenvalue weighted by Gasteiger charge is 2.41. The lowest BCUT2D eigenvalue weighted by atomic mass is 9.84. The van der Waals surface area contributed by atoms with Crippen LogP contribution in [0.1, 0.15) is 23.3 Å². The largest absolute Gasteiger partial charge is 0.368 e. The third kappa shape index (κ3) is 1.23. The van der Waals surface area contributed by atoms with Crippen molar-refractivity contribution in [1.82, 2.24) is 5.32 Å². The summed E-state index contributed by atoms with van der Waals surface area (Å²) in [5, 5.41) is 5.72. The molecule has 1 aromatic heterocycles. The molecule has 1 fully saturated rings. The Balaban J connectivity index is 2.01. The van der Waals surface area contributed by atoms with Crippen LogP contribution in [0.25, 0.3) is 0 Å². The molecule has 14 heavy (non-hydrogen) atoms. The summed E-state index contributed by atoms with van der Waals surface area (Å²) in [5.41, 5.74) is 1.52.